The molecule has 1 aliphatic rings. The average Bonchev–Trinajstić information content (AvgIpc) is 3.34. The number of benzene rings is 1. The number of rotatable bonds is 4. The van der Waals surface area contributed by atoms with Crippen LogP contribution in [0, 0.1) is 0 Å². The van der Waals surface area contributed by atoms with Crippen LogP contribution in [0.15, 0.2) is 48.8 Å². The number of anilines is 1. The molecule has 0 bridgehead atoms. The van der Waals surface area contributed by atoms with Gasteiger partial charge < -0.3 is 10.6 Å². The molecule has 0 radical (unpaired) electrons. The van der Waals surface area contributed by atoms with Crippen molar-refractivity contribution in [3.63, 3.8) is 0 Å². The van der Waals surface area contributed by atoms with Crippen molar-refractivity contribution in [2.75, 3.05) is 4.90 Å². The van der Waals surface area contributed by atoms with Crippen molar-refractivity contribution in [3.8, 4) is 0 Å². The van der Waals surface area contributed by atoms with Crippen LogP contribution in [0.25, 0.3) is 0 Å². The normalized spacial score (nSPS) is 14.1. The summed E-state index contributed by atoms with van der Waals surface area (Å²) in [6.45, 7) is 0.514. The maximum atomic E-state index is 12.6. The first kappa shape index (κ1) is 12.8. The van der Waals surface area contributed by atoms with Gasteiger partial charge in [0.25, 0.3) is 5.91 Å². The molecule has 1 aliphatic carbocycles. The lowest BCUT2D eigenvalue weighted by Crippen LogP contribution is -2.33. The monoisotopic (exact) mass is 267 g/mol. The van der Waals surface area contributed by atoms with E-state index in [1.807, 2.05) is 29.2 Å². The van der Waals surface area contributed by atoms with Crippen molar-refractivity contribution in [1.29, 1.82) is 0 Å². The lowest BCUT2D eigenvalue weighted by molar-refractivity contribution is 0.0985. The Kier molecular flexibility index (Phi) is 3.48. The first-order valence-corrected chi connectivity index (χ1v) is 6.82. The van der Waals surface area contributed by atoms with Crippen LogP contribution in [0.1, 0.15) is 28.8 Å². The molecule has 1 saturated carbocycles. The second-order valence-electron chi connectivity index (χ2n) is 5.02. The van der Waals surface area contributed by atoms with Crippen molar-refractivity contribution in [1.82, 2.24) is 4.98 Å². The van der Waals surface area contributed by atoms with Gasteiger partial charge in [-0.3, -0.25) is 9.78 Å². The zero-order valence-electron chi connectivity index (χ0n) is 11.2. The number of amides is 1. The topological polar surface area (TPSA) is 59.2 Å². The molecule has 4 heteroatoms. The average molecular weight is 267 g/mol. The molecule has 1 amide bonds. The lowest BCUT2D eigenvalue weighted by Gasteiger charge is -2.22. The molecule has 0 unspecified atom stereocenters. The number of hydrogen-bond acceptors (Lipinski definition) is 3. The van der Waals surface area contributed by atoms with Crippen molar-refractivity contribution < 1.29 is 4.79 Å². The molecule has 0 saturated heterocycles. The maximum Gasteiger partial charge on any atom is 0.260 e. The van der Waals surface area contributed by atoms with Crippen LogP contribution in [0.3, 0.4) is 0 Å². The number of carbonyl (C=O) groups excluding carboxylic acids is 1. The molecule has 1 aromatic carbocycles. The van der Waals surface area contributed by atoms with Crippen LogP contribution >= 0.6 is 0 Å². The number of hydrogen-bond donors (Lipinski definition) is 1. The Morgan fingerprint density at radius 2 is 2.00 bits per heavy atom. The van der Waals surface area contributed by atoms with Crippen LogP contribution in [0.4, 0.5) is 5.69 Å². The molecule has 102 valence electrons. The molecular formula is C16H17N3O. The highest BCUT2D eigenvalue weighted by Crippen LogP contribution is 2.33. The molecule has 1 fully saturated rings. The van der Waals surface area contributed by atoms with E-state index in [1.165, 1.54) is 0 Å². The predicted octanol–water partition coefficient (Wildman–Crippen LogP) is 2.35. The number of aromatic nitrogens is 1. The van der Waals surface area contributed by atoms with Crippen LogP contribution in [0.2, 0.25) is 0 Å². The quantitative estimate of drug-likeness (QED) is 0.925. The highest BCUT2D eigenvalue weighted by Gasteiger charge is 2.34. The van der Waals surface area contributed by atoms with Crippen molar-refractivity contribution >= 4 is 11.6 Å². The SMILES string of the molecule is NCc1ccc(N(C(=O)c2cccnc2)C2CC2)cc1. The maximum absolute atomic E-state index is 12.6. The summed E-state index contributed by atoms with van der Waals surface area (Å²) in [6.07, 6.45) is 5.41. The summed E-state index contributed by atoms with van der Waals surface area (Å²) >= 11 is 0. The largest absolute Gasteiger partial charge is 0.326 e. The van der Waals surface area contributed by atoms with Gasteiger partial charge in [0.05, 0.1) is 5.56 Å². The highest BCUT2D eigenvalue weighted by molar-refractivity contribution is 6.06. The molecule has 0 spiro atoms. The number of nitrogens with two attached hydrogens (primary N) is 1. The van der Waals surface area contributed by atoms with Crippen LogP contribution in [-0.2, 0) is 6.54 Å². The Balaban J connectivity index is 1.90. The zero-order chi connectivity index (χ0) is 13.9. The van der Waals surface area contributed by atoms with Crippen molar-refractivity contribution in [2.24, 2.45) is 5.73 Å². The summed E-state index contributed by atoms with van der Waals surface area (Å²) in [4.78, 5) is 18.5. The summed E-state index contributed by atoms with van der Waals surface area (Å²) in [5, 5.41) is 0. The smallest absolute Gasteiger partial charge is 0.260 e. The molecule has 4 nitrogen and oxygen atoms in total. The van der Waals surface area contributed by atoms with E-state index in [2.05, 4.69) is 4.98 Å². The highest BCUT2D eigenvalue weighted by atomic mass is 16.2. The fraction of sp³-hybridized carbons (Fsp3) is 0.250. The van der Waals surface area contributed by atoms with Gasteiger partial charge in [0.2, 0.25) is 0 Å². The van der Waals surface area contributed by atoms with Gasteiger partial charge in [0.15, 0.2) is 0 Å². The lowest BCUT2D eigenvalue weighted by atomic mass is 10.1. The molecule has 3 rings (SSSR count). The first-order chi connectivity index (χ1) is 9.79. The van der Waals surface area contributed by atoms with Crippen LogP contribution in [-0.4, -0.2) is 16.9 Å². The van der Waals surface area contributed by atoms with Gasteiger partial charge in [-0.05, 0) is 42.7 Å². The number of nitrogens with zero attached hydrogens (tertiary/aromatic N) is 2. The van der Waals surface area contributed by atoms with Gasteiger partial charge in [0.1, 0.15) is 0 Å². The van der Waals surface area contributed by atoms with E-state index in [9.17, 15) is 4.79 Å². The molecule has 0 aliphatic heterocycles. The number of pyridine rings is 1. The molecule has 20 heavy (non-hydrogen) atoms. The molecule has 1 aromatic heterocycles. The summed E-state index contributed by atoms with van der Waals surface area (Å²) in [5.74, 6) is 0.0149. The van der Waals surface area contributed by atoms with Crippen LogP contribution in [0.5, 0.6) is 0 Å². The third-order valence-electron chi connectivity index (χ3n) is 3.49. The fourth-order valence-electron chi connectivity index (χ4n) is 2.25. The second kappa shape index (κ2) is 5.43. The Hall–Kier alpha value is -2.20. The minimum Gasteiger partial charge on any atom is -0.326 e. The number of carbonyl (C=O) groups is 1. The summed E-state index contributed by atoms with van der Waals surface area (Å²) in [5.41, 5.74) is 8.23. The van der Waals surface area contributed by atoms with E-state index in [0.717, 1.165) is 24.1 Å². The third kappa shape index (κ3) is 2.56. The first-order valence-electron chi connectivity index (χ1n) is 6.82. The Bertz CT molecular complexity index is 591. The van der Waals surface area contributed by atoms with Gasteiger partial charge >= 0.3 is 0 Å². The van der Waals surface area contributed by atoms with E-state index in [4.69, 9.17) is 5.73 Å². The fourth-order valence-corrected chi connectivity index (χ4v) is 2.25. The Labute approximate surface area is 118 Å². The summed E-state index contributed by atoms with van der Waals surface area (Å²) < 4.78 is 0. The molecular weight excluding hydrogens is 250 g/mol. The predicted molar refractivity (Wildman–Crippen MR) is 78.4 cm³/mol. The van der Waals surface area contributed by atoms with Gasteiger partial charge in [-0.2, -0.15) is 0 Å². The van der Waals surface area contributed by atoms with Crippen molar-refractivity contribution in [2.45, 2.75) is 25.4 Å². The van der Waals surface area contributed by atoms with Crippen molar-refractivity contribution in [3.05, 3.63) is 59.9 Å². The van der Waals surface area contributed by atoms with E-state index < -0.39 is 0 Å². The minimum atomic E-state index is 0.0149. The molecule has 0 atom stereocenters. The van der Waals surface area contributed by atoms with E-state index in [-0.39, 0.29) is 5.91 Å². The third-order valence-corrected chi connectivity index (χ3v) is 3.49. The minimum absolute atomic E-state index is 0.0149. The van der Waals surface area contributed by atoms with Gasteiger partial charge in [-0.15, -0.1) is 0 Å². The van der Waals surface area contributed by atoms with E-state index in [0.29, 0.717) is 18.2 Å². The molecule has 1 heterocycles. The van der Waals surface area contributed by atoms with Gasteiger partial charge in [-0.1, -0.05) is 12.1 Å². The molecule has 2 N–H and O–H groups in total. The summed E-state index contributed by atoms with van der Waals surface area (Å²) in [7, 11) is 0. The Morgan fingerprint density at radius 3 is 2.55 bits per heavy atom. The van der Waals surface area contributed by atoms with Gasteiger partial charge in [0, 0.05) is 30.7 Å². The Morgan fingerprint density at radius 1 is 1.25 bits per heavy atom. The molecule has 2 aromatic rings. The standard InChI is InChI=1S/C16H17N3O/c17-10-12-3-5-14(6-4-12)19(15-7-8-15)16(20)13-2-1-9-18-11-13/h1-6,9,11,15H,7-8,10,17H2. The van der Waals surface area contributed by atoms with Gasteiger partial charge in [-0.25, -0.2) is 0 Å². The second-order valence-corrected chi connectivity index (χ2v) is 5.02. The zero-order valence-corrected chi connectivity index (χ0v) is 11.2. The van der Waals surface area contributed by atoms with E-state index in [1.54, 1.807) is 24.5 Å². The van der Waals surface area contributed by atoms with E-state index >= 15 is 0 Å². The van der Waals surface area contributed by atoms with Crippen LogP contribution < -0.4 is 10.6 Å². The summed E-state index contributed by atoms with van der Waals surface area (Å²) in [6, 6.07) is 11.8.